The number of allylic oxidation sites excluding steroid dienone is 4. The van der Waals surface area contributed by atoms with Crippen LogP contribution in [-0.4, -0.2) is 58.9 Å². The Kier molecular flexibility index (Phi) is 6.65. The number of benzene rings is 1. The number of carboxylic acid groups (broad SMARTS) is 2. The molecule has 3 aliphatic rings. The number of carboxylic acids is 2. The Balaban J connectivity index is 1.92. The number of methoxy groups -OCH3 is 1. The Bertz CT molecular complexity index is 1110. The van der Waals surface area contributed by atoms with E-state index < -0.39 is 24.5 Å². The number of hydrogen-bond acceptors (Lipinski definition) is 7. The molecule has 180 valence electrons. The maximum atomic E-state index is 13.2. The molecule has 0 bridgehead atoms. The quantitative estimate of drug-likeness (QED) is 0.592. The molecule has 10 heteroatoms. The third kappa shape index (κ3) is 4.27. The van der Waals surface area contributed by atoms with E-state index in [-0.39, 0.29) is 34.6 Å². The van der Waals surface area contributed by atoms with Crippen molar-refractivity contribution in [2.75, 3.05) is 20.3 Å². The lowest BCUT2D eigenvalue weighted by molar-refractivity contribution is -0.139. The van der Waals surface area contributed by atoms with Gasteiger partial charge in [-0.2, -0.15) is 0 Å². The number of Topliss-reactive ketones (excluding diaryl/α,β-unsaturated/α-hetero) is 2. The summed E-state index contributed by atoms with van der Waals surface area (Å²) in [6.07, 6.45) is 2.86. The number of aliphatic carboxylic acids is 2. The van der Waals surface area contributed by atoms with Crippen LogP contribution < -0.4 is 9.47 Å². The topological polar surface area (TPSA) is 130 Å². The van der Waals surface area contributed by atoms with Crippen molar-refractivity contribution in [1.29, 1.82) is 0 Å². The van der Waals surface area contributed by atoms with Gasteiger partial charge in [-0.3, -0.25) is 14.4 Å². The van der Waals surface area contributed by atoms with E-state index in [1.54, 1.807) is 17.0 Å². The predicted octanol–water partition coefficient (Wildman–Crippen LogP) is 3.31. The van der Waals surface area contributed by atoms with E-state index in [1.807, 2.05) is 0 Å². The van der Waals surface area contributed by atoms with Gasteiger partial charge in [0.25, 0.3) is 0 Å². The number of carbonyl (C=O) groups is 4. The minimum absolute atomic E-state index is 0.0481. The van der Waals surface area contributed by atoms with E-state index in [1.165, 1.54) is 7.11 Å². The van der Waals surface area contributed by atoms with Crippen molar-refractivity contribution in [3.05, 3.63) is 45.3 Å². The van der Waals surface area contributed by atoms with Gasteiger partial charge >= 0.3 is 11.9 Å². The maximum absolute atomic E-state index is 13.2. The third-order valence-corrected chi connectivity index (χ3v) is 6.59. The van der Waals surface area contributed by atoms with Gasteiger partial charge in [-0.1, -0.05) is 11.6 Å². The fraction of sp³-hybridized carbons (Fsp3) is 0.417. The first-order chi connectivity index (χ1) is 16.2. The Morgan fingerprint density at radius 1 is 1.00 bits per heavy atom. The molecule has 2 aliphatic carbocycles. The zero-order chi connectivity index (χ0) is 24.6. The lowest BCUT2D eigenvalue weighted by Crippen LogP contribution is -2.41. The molecule has 0 amide bonds. The molecule has 2 N–H and O–H groups in total. The third-order valence-electron chi connectivity index (χ3n) is 6.30. The van der Waals surface area contributed by atoms with Crippen LogP contribution in [0.2, 0.25) is 5.02 Å². The molecule has 0 unspecified atom stereocenters. The highest BCUT2D eigenvalue weighted by atomic mass is 35.5. The van der Waals surface area contributed by atoms with Gasteiger partial charge in [0.2, 0.25) is 0 Å². The van der Waals surface area contributed by atoms with Crippen molar-refractivity contribution >= 4 is 35.1 Å². The zero-order valence-corrected chi connectivity index (χ0v) is 19.3. The van der Waals surface area contributed by atoms with Crippen molar-refractivity contribution in [3.63, 3.8) is 0 Å². The molecule has 1 aliphatic heterocycles. The molecule has 0 radical (unpaired) electrons. The Hall–Kier alpha value is -3.33. The molecule has 34 heavy (non-hydrogen) atoms. The predicted molar refractivity (Wildman–Crippen MR) is 120 cm³/mol. The van der Waals surface area contributed by atoms with Gasteiger partial charge in [-0.25, -0.2) is 4.79 Å². The van der Waals surface area contributed by atoms with Crippen LogP contribution in [0.15, 0.2) is 34.7 Å². The molecule has 0 spiro atoms. The summed E-state index contributed by atoms with van der Waals surface area (Å²) in [5.41, 5.74) is 2.64. The lowest BCUT2D eigenvalue weighted by atomic mass is 9.71. The van der Waals surface area contributed by atoms with E-state index in [0.29, 0.717) is 66.6 Å². The first kappa shape index (κ1) is 23.8. The molecule has 0 saturated carbocycles. The van der Waals surface area contributed by atoms with Gasteiger partial charge in [0, 0.05) is 41.3 Å². The summed E-state index contributed by atoms with van der Waals surface area (Å²) in [6, 6.07) is 3.15. The smallest absolute Gasteiger partial charge is 0.341 e. The second-order valence-electron chi connectivity index (χ2n) is 8.40. The van der Waals surface area contributed by atoms with Crippen LogP contribution in [-0.2, 0) is 19.2 Å². The highest BCUT2D eigenvalue weighted by Crippen LogP contribution is 2.51. The highest BCUT2D eigenvalue weighted by molar-refractivity contribution is 6.32. The van der Waals surface area contributed by atoms with Crippen LogP contribution in [0.25, 0.3) is 0 Å². The molecule has 1 aromatic carbocycles. The van der Waals surface area contributed by atoms with Crippen molar-refractivity contribution in [2.24, 2.45) is 0 Å². The van der Waals surface area contributed by atoms with Crippen molar-refractivity contribution in [2.45, 2.75) is 44.4 Å². The highest BCUT2D eigenvalue weighted by Gasteiger charge is 2.44. The van der Waals surface area contributed by atoms with Gasteiger partial charge in [0.15, 0.2) is 29.7 Å². The number of ketones is 2. The standard InChI is InChI=1S/C24H24ClNO8/c1-33-18-9-12(8-13(25)24(18)34-11-20(31)32)21-22-14(4-2-6-16(22)27)26(10-19(29)30)15-5-3-7-17(28)23(15)21/h8-9,21H,2-7,10-11H2,1H3,(H,29,30)(H,31,32). The lowest BCUT2D eigenvalue weighted by Gasteiger charge is -2.43. The molecule has 0 aromatic heterocycles. The van der Waals surface area contributed by atoms with Crippen molar-refractivity contribution in [1.82, 2.24) is 4.90 Å². The van der Waals surface area contributed by atoms with Crippen LogP contribution in [0.1, 0.15) is 50.0 Å². The number of nitrogens with zero attached hydrogens (tertiary/aromatic N) is 1. The van der Waals surface area contributed by atoms with Crippen molar-refractivity contribution in [3.8, 4) is 11.5 Å². The zero-order valence-electron chi connectivity index (χ0n) is 18.6. The average molecular weight is 490 g/mol. The van der Waals surface area contributed by atoms with E-state index in [2.05, 4.69) is 0 Å². The Labute approximate surface area is 200 Å². The van der Waals surface area contributed by atoms with Crippen LogP contribution in [0.5, 0.6) is 11.5 Å². The number of ether oxygens (including phenoxy) is 2. The molecule has 0 saturated heterocycles. The summed E-state index contributed by atoms with van der Waals surface area (Å²) < 4.78 is 10.7. The number of carbonyl (C=O) groups excluding carboxylic acids is 2. The summed E-state index contributed by atoms with van der Waals surface area (Å²) >= 11 is 6.45. The van der Waals surface area contributed by atoms with Crippen LogP contribution in [0, 0.1) is 0 Å². The van der Waals surface area contributed by atoms with E-state index in [0.717, 1.165) is 0 Å². The summed E-state index contributed by atoms with van der Waals surface area (Å²) in [7, 11) is 1.38. The molecule has 1 heterocycles. The minimum Gasteiger partial charge on any atom is -0.493 e. The molecule has 4 rings (SSSR count). The molecular formula is C24H24ClNO8. The van der Waals surface area contributed by atoms with Gasteiger partial charge in [-0.05, 0) is 43.4 Å². The normalized spacial score (nSPS) is 18.6. The second kappa shape index (κ2) is 9.50. The SMILES string of the molecule is COc1cc(C2C3=C(CCCC3=O)N(CC(=O)O)C3=C2C(=O)CCC3)cc(Cl)c1OCC(=O)O. The second-order valence-corrected chi connectivity index (χ2v) is 8.81. The van der Waals surface area contributed by atoms with Gasteiger partial charge in [0.05, 0.1) is 12.1 Å². The average Bonchev–Trinajstić information content (AvgIpc) is 2.78. The Morgan fingerprint density at radius 2 is 1.59 bits per heavy atom. The van der Waals surface area contributed by atoms with Crippen LogP contribution >= 0.6 is 11.6 Å². The van der Waals surface area contributed by atoms with E-state index in [4.69, 9.17) is 26.2 Å². The maximum Gasteiger partial charge on any atom is 0.341 e. The first-order valence-electron chi connectivity index (χ1n) is 11.0. The molecule has 0 atom stereocenters. The van der Waals surface area contributed by atoms with Gasteiger partial charge in [-0.15, -0.1) is 0 Å². The number of hydrogen-bond donors (Lipinski definition) is 2. The van der Waals surface area contributed by atoms with Gasteiger partial charge in [0.1, 0.15) is 6.54 Å². The molecule has 0 fully saturated rings. The van der Waals surface area contributed by atoms with E-state index >= 15 is 0 Å². The van der Waals surface area contributed by atoms with Crippen LogP contribution in [0.3, 0.4) is 0 Å². The minimum atomic E-state index is -1.18. The molecule has 9 nitrogen and oxygen atoms in total. The van der Waals surface area contributed by atoms with Crippen LogP contribution in [0.4, 0.5) is 0 Å². The summed E-state index contributed by atoms with van der Waals surface area (Å²) in [4.78, 5) is 50.6. The summed E-state index contributed by atoms with van der Waals surface area (Å²) in [5, 5.41) is 18.6. The largest absolute Gasteiger partial charge is 0.493 e. The van der Waals surface area contributed by atoms with Gasteiger partial charge < -0.3 is 24.6 Å². The number of rotatable bonds is 7. The fourth-order valence-electron chi connectivity index (χ4n) is 5.06. The first-order valence-corrected chi connectivity index (χ1v) is 11.3. The molecular weight excluding hydrogens is 466 g/mol. The number of halogens is 1. The monoisotopic (exact) mass is 489 g/mol. The van der Waals surface area contributed by atoms with Crippen molar-refractivity contribution < 1.29 is 38.9 Å². The Morgan fingerprint density at radius 3 is 2.09 bits per heavy atom. The molecule has 1 aromatic rings. The summed E-state index contributed by atoms with van der Waals surface area (Å²) in [5.74, 6) is -2.98. The van der Waals surface area contributed by atoms with E-state index in [9.17, 15) is 24.3 Å². The fourth-order valence-corrected chi connectivity index (χ4v) is 5.33. The summed E-state index contributed by atoms with van der Waals surface area (Å²) in [6.45, 7) is -0.943.